The van der Waals surface area contributed by atoms with Crippen LogP contribution < -0.4 is 10.6 Å². The van der Waals surface area contributed by atoms with Crippen molar-refractivity contribution < 1.29 is 4.79 Å². The van der Waals surface area contributed by atoms with Gasteiger partial charge in [-0.05, 0) is 49.1 Å². The van der Waals surface area contributed by atoms with Crippen LogP contribution in [0.3, 0.4) is 0 Å². The maximum atomic E-state index is 12.9. The van der Waals surface area contributed by atoms with E-state index in [0.29, 0.717) is 10.7 Å². The summed E-state index contributed by atoms with van der Waals surface area (Å²) in [6, 6.07) is 16.0. The second-order valence-electron chi connectivity index (χ2n) is 6.74. The van der Waals surface area contributed by atoms with Crippen LogP contribution in [-0.4, -0.2) is 23.4 Å². The predicted molar refractivity (Wildman–Crippen MR) is 104 cm³/mol. The van der Waals surface area contributed by atoms with Crippen LogP contribution in [0.5, 0.6) is 0 Å². The Labute approximate surface area is 152 Å². The summed E-state index contributed by atoms with van der Waals surface area (Å²) in [5.74, 6) is 1.03. The van der Waals surface area contributed by atoms with Crippen molar-refractivity contribution in [1.82, 2.24) is 0 Å². The van der Waals surface area contributed by atoms with Gasteiger partial charge in [0.05, 0.1) is 5.54 Å². The number of anilines is 1. The molecule has 0 aliphatic carbocycles. The highest BCUT2D eigenvalue weighted by atomic mass is 32.2. The zero-order chi connectivity index (χ0) is 17.4. The van der Waals surface area contributed by atoms with Gasteiger partial charge >= 0.3 is 0 Å². The van der Waals surface area contributed by atoms with Crippen molar-refractivity contribution in [2.45, 2.75) is 25.3 Å². The Balaban J connectivity index is 1.59. The van der Waals surface area contributed by atoms with Gasteiger partial charge in [-0.2, -0.15) is 0 Å². The highest BCUT2D eigenvalue weighted by Gasteiger charge is 2.30. The van der Waals surface area contributed by atoms with Crippen LogP contribution in [0.25, 0.3) is 0 Å². The molecule has 2 N–H and O–H groups in total. The van der Waals surface area contributed by atoms with E-state index < -0.39 is 0 Å². The Morgan fingerprint density at radius 1 is 1.20 bits per heavy atom. The number of amides is 1. The fourth-order valence-electron chi connectivity index (χ4n) is 3.57. The molecule has 0 radical (unpaired) electrons. The lowest BCUT2D eigenvalue weighted by molar-refractivity contribution is 0.0989. The molecule has 1 unspecified atom stereocenters. The minimum atomic E-state index is -0.294. The molecular formula is C20H21N3OS. The summed E-state index contributed by atoms with van der Waals surface area (Å²) in [5, 5.41) is 0.641. The third-order valence-corrected chi connectivity index (χ3v) is 5.88. The fourth-order valence-corrected chi connectivity index (χ4v) is 4.55. The summed E-state index contributed by atoms with van der Waals surface area (Å²) in [7, 11) is 0. The lowest BCUT2D eigenvalue weighted by Gasteiger charge is -2.30. The average molecular weight is 351 g/mol. The fraction of sp³-hybridized carbons (Fsp3) is 0.300. The van der Waals surface area contributed by atoms with E-state index in [1.165, 1.54) is 5.56 Å². The van der Waals surface area contributed by atoms with E-state index in [9.17, 15) is 4.79 Å². The molecule has 0 saturated carbocycles. The number of hydrogen-bond donors (Lipinski definition) is 1. The van der Waals surface area contributed by atoms with Gasteiger partial charge in [-0.25, -0.2) is 0 Å². The molecule has 2 aromatic rings. The van der Waals surface area contributed by atoms with Crippen molar-refractivity contribution in [2.75, 3.05) is 17.2 Å². The number of thioether (sulfide) groups is 1. The zero-order valence-electron chi connectivity index (χ0n) is 14.2. The number of aliphatic imine (C=N–C) groups is 1. The molecule has 128 valence electrons. The normalized spacial score (nSPS) is 22.4. The van der Waals surface area contributed by atoms with Crippen molar-refractivity contribution >= 4 is 28.5 Å². The Hall–Kier alpha value is -2.27. The first-order valence-electron chi connectivity index (χ1n) is 8.55. The Morgan fingerprint density at radius 2 is 1.96 bits per heavy atom. The molecule has 0 bridgehead atoms. The maximum absolute atomic E-state index is 12.9. The molecule has 2 aliphatic rings. The van der Waals surface area contributed by atoms with Gasteiger partial charge in [-0.15, -0.1) is 0 Å². The van der Waals surface area contributed by atoms with E-state index in [1.807, 2.05) is 47.4 Å². The van der Waals surface area contributed by atoms with Crippen molar-refractivity contribution in [3.63, 3.8) is 0 Å². The van der Waals surface area contributed by atoms with Gasteiger partial charge in [0.1, 0.15) is 0 Å². The second kappa shape index (κ2) is 6.23. The SMILES string of the molecule is CC1(c2ccc(C(=O)N3CCc4ccccc43)cc2)CCSC(N)=N1. The van der Waals surface area contributed by atoms with Gasteiger partial charge in [0.15, 0.2) is 5.17 Å². The first-order valence-corrected chi connectivity index (χ1v) is 9.54. The molecule has 1 amide bonds. The topological polar surface area (TPSA) is 58.7 Å². The number of rotatable bonds is 2. The number of hydrogen-bond acceptors (Lipinski definition) is 4. The number of carbonyl (C=O) groups excluding carboxylic acids is 1. The highest BCUT2D eigenvalue weighted by Crippen LogP contribution is 2.35. The number of nitrogens with two attached hydrogens (primary N) is 1. The lowest BCUT2D eigenvalue weighted by atomic mass is 9.89. The van der Waals surface area contributed by atoms with Gasteiger partial charge in [-0.1, -0.05) is 42.1 Å². The third kappa shape index (κ3) is 2.93. The molecule has 0 aromatic heterocycles. The van der Waals surface area contributed by atoms with Crippen LogP contribution in [0.2, 0.25) is 0 Å². The first kappa shape index (κ1) is 16.2. The second-order valence-corrected chi connectivity index (χ2v) is 7.85. The quantitative estimate of drug-likeness (QED) is 0.900. The smallest absolute Gasteiger partial charge is 0.258 e. The summed E-state index contributed by atoms with van der Waals surface area (Å²) in [4.78, 5) is 19.4. The van der Waals surface area contributed by atoms with E-state index in [4.69, 9.17) is 5.73 Å². The van der Waals surface area contributed by atoms with Gasteiger partial charge < -0.3 is 10.6 Å². The van der Waals surface area contributed by atoms with E-state index in [0.717, 1.165) is 36.4 Å². The maximum Gasteiger partial charge on any atom is 0.258 e. The van der Waals surface area contributed by atoms with Crippen LogP contribution >= 0.6 is 11.8 Å². The van der Waals surface area contributed by atoms with Crippen LogP contribution in [0.15, 0.2) is 53.5 Å². The predicted octanol–water partition coefficient (Wildman–Crippen LogP) is 3.56. The molecule has 2 heterocycles. The molecule has 5 heteroatoms. The Bertz CT molecular complexity index is 846. The number of fused-ring (bicyclic) bond motifs is 1. The van der Waals surface area contributed by atoms with Crippen molar-refractivity contribution in [1.29, 1.82) is 0 Å². The van der Waals surface area contributed by atoms with Crippen molar-refractivity contribution in [2.24, 2.45) is 10.7 Å². The molecular weight excluding hydrogens is 330 g/mol. The number of nitrogens with zero attached hydrogens (tertiary/aromatic N) is 2. The molecule has 25 heavy (non-hydrogen) atoms. The zero-order valence-corrected chi connectivity index (χ0v) is 15.1. The molecule has 0 saturated heterocycles. The molecule has 0 fully saturated rings. The molecule has 0 spiro atoms. The average Bonchev–Trinajstić information content (AvgIpc) is 3.05. The molecule has 2 aliphatic heterocycles. The van der Waals surface area contributed by atoms with E-state index >= 15 is 0 Å². The first-order chi connectivity index (χ1) is 12.1. The largest absolute Gasteiger partial charge is 0.379 e. The molecule has 4 rings (SSSR count). The van der Waals surface area contributed by atoms with E-state index in [1.54, 1.807) is 11.8 Å². The summed E-state index contributed by atoms with van der Waals surface area (Å²) < 4.78 is 0. The van der Waals surface area contributed by atoms with Crippen molar-refractivity contribution in [3.05, 3.63) is 65.2 Å². The number of carbonyl (C=O) groups is 1. The van der Waals surface area contributed by atoms with Gasteiger partial charge in [0.25, 0.3) is 5.91 Å². The van der Waals surface area contributed by atoms with Crippen LogP contribution in [-0.2, 0) is 12.0 Å². The van der Waals surface area contributed by atoms with E-state index in [-0.39, 0.29) is 11.4 Å². The lowest BCUT2D eigenvalue weighted by Crippen LogP contribution is -2.30. The van der Waals surface area contributed by atoms with Gasteiger partial charge in [0.2, 0.25) is 0 Å². The van der Waals surface area contributed by atoms with Gasteiger partial charge in [-0.3, -0.25) is 9.79 Å². The van der Waals surface area contributed by atoms with Crippen LogP contribution in [0.4, 0.5) is 5.69 Å². The monoisotopic (exact) mass is 351 g/mol. The minimum Gasteiger partial charge on any atom is -0.379 e. The standard InChI is InChI=1S/C20H21N3OS/c1-20(11-13-25-19(21)22-20)16-8-6-15(7-9-16)18(24)23-12-10-14-4-2-3-5-17(14)23/h2-9H,10-13H2,1H3,(H2,21,22). The van der Waals surface area contributed by atoms with Crippen LogP contribution in [0, 0.1) is 0 Å². The van der Waals surface area contributed by atoms with Gasteiger partial charge in [0, 0.05) is 23.5 Å². The van der Waals surface area contributed by atoms with Crippen molar-refractivity contribution in [3.8, 4) is 0 Å². The van der Waals surface area contributed by atoms with Crippen LogP contribution in [0.1, 0.15) is 34.8 Å². The summed E-state index contributed by atoms with van der Waals surface area (Å²) in [6.45, 7) is 2.85. The molecule has 4 nitrogen and oxygen atoms in total. The van der Waals surface area contributed by atoms with E-state index in [2.05, 4.69) is 18.0 Å². The number of amidine groups is 1. The third-order valence-electron chi connectivity index (χ3n) is 5.08. The Kier molecular flexibility index (Phi) is 4.04. The summed E-state index contributed by atoms with van der Waals surface area (Å²) >= 11 is 1.60. The Morgan fingerprint density at radius 3 is 2.72 bits per heavy atom. The minimum absolute atomic E-state index is 0.0591. The molecule has 2 aromatic carbocycles. The number of para-hydroxylation sites is 1. The highest BCUT2D eigenvalue weighted by molar-refractivity contribution is 8.13. The number of benzene rings is 2. The summed E-state index contributed by atoms with van der Waals surface area (Å²) in [5.41, 5.74) is 9.70. The summed E-state index contributed by atoms with van der Waals surface area (Å²) in [6.07, 6.45) is 1.87. The molecule has 1 atom stereocenters.